The van der Waals surface area contributed by atoms with E-state index in [0.29, 0.717) is 11.0 Å². The second-order valence-electron chi connectivity index (χ2n) is 5.22. The Kier molecular flexibility index (Phi) is 6.16. The van der Waals surface area contributed by atoms with Gasteiger partial charge in [-0.25, -0.2) is 0 Å². The number of rotatable bonds is 5. The van der Waals surface area contributed by atoms with Gasteiger partial charge in [0.05, 0.1) is 12.8 Å². The van der Waals surface area contributed by atoms with Gasteiger partial charge in [0.25, 0.3) is 0 Å². The van der Waals surface area contributed by atoms with Crippen LogP contribution in [0.2, 0.25) is 0 Å². The Morgan fingerprint density at radius 1 is 1.27 bits per heavy atom. The lowest BCUT2D eigenvalue weighted by Gasteiger charge is -2.23. The van der Waals surface area contributed by atoms with Crippen molar-refractivity contribution in [3.63, 3.8) is 0 Å². The molecule has 0 spiro atoms. The molecule has 0 aromatic heterocycles. The van der Waals surface area contributed by atoms with Crippen LogP contribution in [0.25, 0.3) is 0 Å². The average Bonchev–Trinajstić information content (AvgIpc) is 2.57. The molecule has 1 saturated carbocycles. The first-order valence-corrected chi connectivity index (χ1v) is 7.82. The zero-order valence-electron chi connectivity index (χ0n) is 12.6. The molecule has 0 heterocycles. The van der Waals surface area contributed by atoms with Crippen molar-refractivity contribution in [2.45, 2.75) is 38.1 Å². The SMILES string of the molecule is COc1ccc(NN=C(C#N)C(=S)NC2CCCCC2)cc1. The Bertz CT molecular complexity index is 571. The highest BCUT2D eigenvalue weighted by molar-refractivity contribution is 7.82. The van der Waals surface area contributed by atoms with Crippen LogP contribution >= 0.6 is 12.2 Å². The van der Waals surface area contributed by atoms with Crippen LogP contribution in [-0.4, -0.2) is 23.9 Å². The van der Waals surface area contributed by atoms with Crippen LogP contribution in [0.15, 0.2) is 29.4 Å². The van der Waals surface area contributed by atoms with E-state index in [1.807, 2.05) is 30.3 Å². The first-order chi connectivity index (χ1) is 10.7. The van der Waals surface area contributed by atoms with Gasteiger partial charge in [-0.1, -0.05) is 31.5 Å². The van der Waals surface area contributed by atoms with Crippen LogP contribution in [0.5, 0.6) is 5.75 Å². The number of nitrogens with one attached hydrogen (secondary N) is 2. The Balaban J connectivity index is 1.94. The Labute approximate surface area is 136 Å². The third-order valence-corrected chi connectivity index (χ3v) is 3.96. The fourth-order valence-corrected chi connectivity index (χ4v) is 2.67. The topological polar surface area (TPSA) is 69.4 Å². The van der Waals surface area contributed by atoms with E-state index < -0.39 is 0 Å². The number of hydrogen-bond donors (Lipinski definition) is 2. The lowest BCUT2D eigenvalue weighted by molar-refractivity contribution is 0.415. The molecule has 2 N–H and O–H groups in total. The molecule has 5 nitrogen and oxygen atoms in total. The molecular formula is C16H20N4OS. The number of nitriles is 1. The van der Waals surface area contributed by atoms with Crippen LogP contribution in [0.1, 0.15) is 32.1 Å². The van der Waals surface area contributed by atoms with E-state index >= 15 is 0 Å². The molecule has 1 aromatic carbocycles. The van der Waals surface area contributed by atoms with Crippen molar-refractivity contribution < 1.29 is 4.74 Å². The summed E-state index contributed by atoms with van der Waals surface area (Å²) >= 11 is 5.29. The number of benzene rings is 1. The third-order valence-electron chi connectivity index (χ3n) is 3.65. The van der Waals surface area contributed by atoms with Crippen molar-refractivity contribution in [2.75, 3.05) is 12.5 Å². The lowest BCUT2D eigenvalue weighted by atomic mass is 9.95. The standard InChI is InChI=1S/C16H20N4OS/c1-21-14-9-7-13(8-10-14)19-20-15(11-17)16(22)18-12-5-3-2-4-6-12/h7-10,12,19H,2-6H2,1H3,(H,18,22). The van der Waals surface area contributed by atoms with Crippen molar-refractivity contribution in [3.05, 3.63) is 24.3 Å². The number of hydrazone groups is 1. The quantitative estimate of drug-likeness (QED) is 0.496. The first-order valence-electron chi connectivity index (χ1n) is 7.41. The summed E-state index contributed by atoms with van der Waals surface area (Å²) in [4.78, 5) is 0.412. The molecular weight excluding hydrogens is 296 g/mol. The van der Waals surface area contributed by atoms with Crippen molar-refractivity contribution in [2.24, 2.45) is 5.10 Å². The average molecular weight is 316 g/mol. The highest BCUT2D eigenvalue weighted by atomic mass is 32.1. The van der Waals surface area contributed by atoms with Crippen molar-refractivity contribution in [1.82, 2.24) is 5.32 Å². The van der Waals surface area contributed by atoms with E-state index in [4.69, 9.17) is 17.0 Å². The fraction of sp³-hybridized carbons (Fsp3) is 0.438. The summed E-state index contributed by atoms with van der Waals surface area (Å²) in [5, 5.41) is 16.6. The zero-order valence-corrected chi connectivity index (χ0v) is 13.4. The molecule has 0 radical (unpaired) electrons. The minimum Gasteiger partial charge on any atom is -0.497 e. The summed E-state index contributed by atoms with van der Waals surface area (Å²) in [5.74, 6) is 0.768. The van der Waals surface area contributed by atoms with Crippen LogP contribution < -0.4 is 15.5 Å². The normalized spacial score (nSPS) is 15.7. The Morgan fingerprint density at radius 3 is 2.55 bits per heavy atom. The summed E-state index contributed by atoms with van der Waals surface area (Å²) in [6.07, 6.45) is 5.91. The predicted molar refractivity (Wildman–Crippen MR) is 92.3 cm³/mol. The number of ether oxygens (including phenoxy) is 1. The number of hydrogen-bond acceptors (Lipinski definition) is 5. The summed E-state index contributed by atoms with van der Waals surface area (Å²) in [5.41, 5.74) is 3.82. The summed E-state index contributed by atoms with van der Waals surface area (Å²) in [7, 11) is 1.61. The lowest BCUT2D eigenvalue weighted by Crippen LogP contribution is -2.39. The second kappa shape index (κ2) is 8.35. The van der Waals surface area contributed by atoms with Crippen molar-refractivity contribution in [1.29, 1.82) is 5.26 Å². The fourth-order valence-electron chi connectivity index (χ4n) is 2.41. The maximum Gasteiger partial charge on any atom is 0.194 e. The van der Waals surface area contributed by atoms with Gasteiger partial charge in [0.15, 0.2) is 5.71 Å². The molecule has 0 amide bonds. The van der Waals surface area contributed by atoms with Gasteiger partial charge in [0, 0.05) is 6.04 Å². The number of nitrogens with zero attached hydrogens (tertiary/aromatic N) is 2. The maximum atomic E-state index is 9.22. The molecule has 1 fully saturated rings. The number of thiocarbonyl (C=S) groups is 1. The molecule has 0 bridgehead atoms. The molecule has 1 aliphatic carbocycles. The smallest absolute Gasteiger partial charge is 0.194 e. The van der Waals surface area contributed by atoms with Crippen LogP contribution in [0.3, 0.4) is 0 Å². The molecule has 0 atom stereocenters. The molecule has 6 heteroatoms. The minimum atomic E-state index is 0.205. The van der Waals surface area contributed by atoms with Crippen LogP contribution in [-0.2, 0) is 0 Å². The van der Waals surface area contributed by atoms with Crippen LogP contribution in [0, 0.1) is 11.3 Å². The van der Waals surface area contributed by atoms with Gasteiger partial charge in [0.2, 0.25) is 0 Å². The van der Waals surface area contributed by atoms with Crippen molar-refractivity contribution in [3.8, 4) is 11.8 Å². The van der Waals surface area contributed by atoms with E-state index in [1.54, 1.807) is 7.11 Å². The highest BCUT2D eigenvalue weighted by Gasteiger charge is 2.16. The predicted octanol–water partition coefficient (Wildman–Crippen LogP) is 3.24. The third kappa shape index (κ3) is 4.71. The van der Waals surface area contributed by atoms with Gasteiger partial charge in [-0.15, -0.1) is 0 Å². The van der Waals surface area contributed by atoms with E-state index in [-0.39, 0.29) is 5.71 Å². The molecule has 0 aliphatic heterocycles. The number of anilines is 1. The molecule has 0 saturated heterocycles. The minimum absolute atomic E-state index is 0.205. The van der Waals surface area contributed by atoms with Gasteiger partial charge >= 0.3 is 0 Å². The summed E-state index contributed by atoms with van der Waals surface area (Å²) < 4.78 is 5.09. The molecule has 2 rings (SSSR count). The van der Waals surface area contributed by atoms with E-state index in [1.165, 1.54) is 19.3 Å². The Morgan fingerprint density at radius 2 is 1.95 bits per heavy atom. The molecule has 22 heavy (non-hydrogen) atoms. The van der Waals surface area contributed by atoms with Gasteiger partial charge in [-0.2, -0.15) is 10.4 Å². The molecule has 116 valence electrons. The summed E-state index contributed by atoms with van der Waals surface area (Å²) in [6.45, 7) is 0. The van der Waals surface area contributed by atoms with E-state index in [0.717, 1.165) is 24.3 Å². The van der Waals surface area contributed by atoms with E-state index in [9.17, 15) is 5.26 Å². The highest BCUT2D eigenvalue weighted by Crippen LogP contribution is 2.17. The summed E-state index contributed by atoms with van der Waals surface area (Å²) in [6, 6.07) is 9.71. The second-order valence-corrected chi connectivity index (χ2v) is 5.63. The van der Waals surface area contributed by atoms with Gasteiger partial charge in [-0.05, 0) is 37.1 Å². The monoisotopic (exact) mass is 316 g/mol. The van der Waals surface area contributed by atoms with E-state index in [2.05, 4.69) is 15.8 Å². The molecule has 0 unspecified atom stereocenters. The zero-order chi connectivity index (χ0) is 15.8. The first kappa shape index (κ1) is 16.2. The van der Waals surface area contributed by atoms with Gasteiger partial charge in [-0.3, -0.25) is 5.43 Å². The van der Waals surface area contributed by atoms with Gasteiger partial charge in [0.1, 0.15) is 16.8 Å². The Hall–Kier alpha value is -2.13. The van der Waals surface area contributed by atoms with Crippen molar-refractivity contribution >= 4 is 28.6 Å². The van der Waals surface area contributed by atoms with Gasteiger partial charge < -0.3 is 10.1 Å². The molecule has 1 aliphatic rings. The maximum absolute atomic E-state index is 9.22. The number of methoxy groups -OCH3 is 1. The molecule has 1 aromatic rings. The largest absolute Gasteiger partial charge is 0.497 e. The van der Waals surface area contributed by atoms with Crippen LogP contribution in [0.4, 0.5) is 5.69 Å².